The normalized spacial score (nSPS) is 18.7. The van der Waals surface area contributed by atoms with E-state index in [-0.39, 0.29) is 6.42 Å². The van der Waals surface area contributed by atoms with Crippen LogP contribution in [0.1, 0.15) is 18.4 Å². The van der Waals surface area contributed by atoms with Crippen LogP contribution in [-0.2, 0) is 25.6 Å². The number of likely N-dealkylation sites (tertiary alicyclic amines) is 1. The Morgan fingerprint density at radius 2 is 1.74 bits per heavy atom. The molecule has 1 fully saturated rings. The summed E-state index contributed by atoms with van der Waals surface area (Å²) >= 11 is 0. The van der Waals surface area contributed by atoms with Crippen molar-refractivity contribution in [2.24, 2.45) is 5.73 Å². The maximum Gasteiger partial charge on any atom is 0.328 e. The first kappa shape index (κ1) is 24.3. The molecule has 11 nitrogen and oxygen atoms in total. The first-order valence-electron chi connectivity index (χ1n) is 9.93. The van der Waals surface area contributed by atoms with E-state index in [1.165, 1.54) is 4.90 Å². The van der Waals surface area contributed by atoms with E-state index in [0.29, 0.717) is 19.4 Å². The Labute approximate surface area is 179 Å². The van der Waals surface area contributed by atoms with E-state index in [1.807, 2.05) is 0 Å². The van der Waals surface area contributed by atoms with Crippen LogP contribution >= 0.6 is 0 Å². The Morgan fingerprint density at radius 3 is 2.32 bits per heavy atom. The van der Waals surface area contributed by atoms with Gasteiger partial charge in [-0.05, 0) is 18.4 Å². The molecule has 0 spiro atoms. The van der Waals surface area contributed by atoms with Gasteiger partial charge in [0.05, 0.1) is 13.2 Å². The number of nitrogens with one attached hydrogen (secondary N) is 2. The predicted octanol–water partition coefficient (Wildman–Crippen LogP) is -2.41. The molecule has 0 saturated carbocycles. The van der Waals surface area contributed by atoms with Gasteiger partial charge in [0.15, 0.2) is 0 Å². The molecule has 1 aliphatic heterocycles. The molecule has 31 heavy (non-hydrogen) atoms. The summed E-state index contributed by atoms with van der Waals surface area (Å²) in [6.07, 6.45) is 1.000. The fourth-order valence-corrected chi connectivity index (χ4v) is 3.38. The number of aliphatic hydroxyl groups is 2. The lowest BCUT2D eigenvalue weighted by molar-refractivity contribution is -0.144. The topological polar surface area (TPSA) is 182 Å². The maximum atomic E-state index is 12.9. The van der Waals surface area contributed by atoms with Crippen molar-refractivity contribution in [2.75, 3.05) is 19.8 Å². The van der Waals surface area contributed by atoms with Crippen LogP contribution in [-0.4, -0.2) is 87.8 Å². The number of hydrogen-bond donors (Lipinski definition) is 6. The summed E-state index contributed by atoms with van der Waals surface area (Å²) in [7, 11) is 0. The summed E-state index contributed by atoms with van der Waals surface area (Å²) < 4.78 is 0. The summed E-state index contributed by atoms with van der Waals surface area (Å²) in [6, 6.07) is 4.15. The van der Waals surface area contributed by atoms with Crippen LogP contribution in [0.5, 0.6) is 0 Å². The average Bonchev–Trinajstić information content (AvgIpc) is 3.26. The second kappa shape index (κ2) is 11.4. The molecule has 0 aromatic heterocycles. The van der Waals surface area contributed by atoms with Gasteiger partial charge in [-0.2, -0.15) is 0 Å². The number of carbonyl (C=O) groups excluding carboxylic acids is 3. The van der Waals surface area contributed by atoms with Crippen molar-refractivity contribution in [3.05, 3.63) is 35.9 Å². The van der Waals surface area contributed by atoms with E-state index in [9.17, 15) is 24.3 Å². The quantitative estimate of drug-likeness (QED) is 0.234. The minimum atomic E-state index is -1.52. The van der Waals surface area contributed by atoms with E-state index in [2.05, 4.69) is 10.6 Å². The lowest BCUT2D eigenvalue weighted by atomic mass is 10.0. The van der Waals surface area contributed by atoms with Crippen LogP contribution in [0.4, 0.5) is 0 Å². The third-order valence-corrected chi connectivity index (χ3v) is 5.07. The highest BCUT2D eigenvalue weighted by molar-refractivity contribution is 5.94. The van der Waals surface area contributed by atoms with Gasteiger partial charge in [0, 0.05) is 13.0 Å². The molecule has 11 heteroatoms. The molecular weight excluding hydrogens is 408 g/mol. The van der Waals surface area contributed by atoms with Gasteiger partial charge in [-0.15, -0.1) is 0 Å². The summed E-state index contributed by atoms with van der Waals surface area (Å²) in [5.74, 6) is -3.33. The molecule has 4 unspecified atom stereocenters. The van der Waals surface area contributed by atoms with Crippen molar-refractivity contribution in [3.63, 3.8) is 0 Å². The third kappa shape index (κ3) is 6.48. The molecule has 3 amide bonds. The maximum absolute atomic E-state index is 12.9. The highest BCUT2D eigenvalue weighted by atomic mass is 16.4. The van der Waals surface area contributed by atoms with Gasteiger partial charge in [-0.1, -0.05) is 30.3 Å². The van der Waals surface area contributed by atoms with E-state index >= 15 is 0 Å². The standard InChI is InChI=1S/C20H28N4O7/c21-13(10-25)19(29)24-8-4-7-16(24)18(28)22-14(9-12-5-2-1-3-6-12)17(27)23-15(11-26)20(30)31/h1-3,5-6,13-16,25-26H,4,7-11,21H2,(H,22,28)(H,23,27)(H,30,31). The van der Waals surface area contributed by atoms with Crippen molar-refractivity contribution in [2.45, 2.75) is 43.4 Å². The molecule has 2 rings (SSSR count). The molecule has 0 aliphatic carbocycles. The van der Waals surface area contributed by atoms with Crippen LogP contribution in [0, 0.1) is 0 Å². The molecule has 1 aliphatic rings. The van der Waals surface area contributed by atoms with Crippen LogP contribution in [0.2, 0.25) is 0 Å². The van der Waals surface area contributed by atoms with E-state index < -0.39 is 61.1 Å². The van der Waals surface area contributed by atoms with Gasteiger partial charge in [0.2, 0.25) is 17.7 Å². The fraction of sp³-hybridized carbons (Fsp3) is 0.500. The number of nitrogens with zero attached hydrogens (tertiary/aromatic N) is 1. The molecule has 0 bridgehead atoms. The molecule has 1 heterocycles. The lowest BCUT2D eigenvalue weighted by Crippen LogP contribution is -2.57. The third-order valence-electron chi connectivity index (χ3n) is 5.07. The molecule has 4 atom stereocenters. The predicted molar refractivity (Wildman–Crippen MR) is 109 cm³/mol. The number of carboxylic acid groups (broad SMARTS) is 1. The number of carbonyl (C=O) groups is 4. The SMILES string of the molecule is NC(CO)C(=O)N1CCCC1C(=O)NC(Cc1ccccc1)C(=O)NC(CO)C(=O)O. The van der Waals surface area contributed by atoms with Gasteiger partial charge in [0.1, 0.15) is 24.2 Å². The number of aliphatic hydroxyl groups excluding tert-OH is 2. The van der Waals surface area contributed by atoms with Crippen LogP contribution < -0.4 is 16.4 Å². The number of hydrogen-bond acceptors (Lipinski definition) is 7. The smallest absolute Gasteiger partial charge is 0.328 e. The van der Waals surface area contributed by atoms with Crippen molar-refractivity contribution in [1.82, 2.24) is 15.5 Å². The number of amides is 3. The molecular formula is C20H28N4O7. The zero-order valence-corrected chi connectivity index (χ0v) is 16.9. The van der Waals surface area contributed by atoms with Crippen molar-refractivity contribution >= 4 is 23.7 Å². The van der Waals surface area contributed by atoms with Crippen LogP contribution in [0.3, 0.4) is 0 Å². The summed E-state index contributed by atoms with van der Waals surface area (Å²) in [4.78, 5) is 50.4. The highest BCUT2D eigenvalue weighted by Gasteiger charge is 2.37. The largest absolute Gasteiger partial charge is 0.480 e. The van der Waals surface area contributed by atoms with Crippen LogP contribution in [0.25, 0.3) is 0 Å². The van der Waals surface area contributed by atoms with Gasteiger partial charge >= 0.3 is 5.97 Å². The molecule has 1 aromatic carbocycles. The summed E-state index contributed by atoms with van der Waals surface area (Å²) in [5.41, 5.74) is 6.32. The van der Waals surface area contributed by atoms with Crippen molar-refractivity contribution < 1.29 is 34.5 Å². The summed E-state index contributed by atoms with van der Waals surface area (Å²) in [6.45, 7) is -1.07. The Balaban J connectivity index is 2.17. The van der Waals surface area contributed by atoms with E-state index in [4.69, 9.17) is 15.9 Å². The Morgan fingerprint density at radius 1 is 1.06 bits per heavy atom. The van der Waals surface area contributed by atoms with Crippen molar-refractivity contribution in [3.8, 4) is 0 Å². The Hall–Kier alpha value is -3.02. The number of benzene rings is 1. The fourth-order valence-electron chi connectivity index (χ4n) is 3.38. The number of carboxylic acids is 1. The minimum Gasteiger partial charge on any atom is -0.480 e. The number of nitrogens with two attached hydrogens (primary N) is 1. The monoisotopic (exact) mass is 436 g/mol. The molecule has 1 saturated heterocycles. The Kier molecular flexibility index (Phi) is 8.91. The van der Waals surface area contributed by atoms with Crippen LogP contribution in [0.15, 0.2) is 30.3 Å². The van der Waals surface area contributed by atoms with E-state index in [0.717, 1.165) is 5.56 Å². The second-order valence-electron chi connectivity index (χ2n) is 7.31. The number of rotatable bonds is 10. The molecule has 7 N–H and O–H groups in total. The minimum absolute atomic E-state index is 0.0764. The first-order valence-corrected chi connectivity index (χ1v) is 9.93. The first-order chi connectivity index (χ1) is 14.8. The average molecular weight is 436 g/mol. The highest BCUT2D eigenvalue weighted by Crippen LogP contribution is 2.19. The Bertz CT molecular complexity index is 789. The zero-order valence-electron chi connectivity index (χ0n) is 16.9. The van der Waals surface area contributed by atoms with E-state index in [1.54, 1.807) is 30.3 Å². The molecule has 0 radical (unpaired) electrons. The van der Waals surface area contributed by atoms with Gasteiger partial charge < -0.3 is 36.6 Å². The van der Waals surface area contributed by atoms with Gasteiger partial charge in [-0.25, -0.2) is 4.79 Å². The zero-order chi connectivity index (χ0) is 23.0. The van der Waals surface area contributed by atoms with Gasteiger partial charge in [-0.3, -0.25) is 14.4 Å². The van der Waals surface area contributed by atoms with Crippen molar-refractivity contribution in [1.29, 1.82) is 0 Å². The van der Waals surface area contributed by atoms with Gasteiger partial charge in [0.25, 0.3) is 0 Å². The lowest BCUT2D eigenvalue weighted by Gasteiger charge is -2.28. The molecule has 170 valence electrons. The summed E-state index contributed by atoms with van der Waals surface area (Å²) in [5, 5.41) is 32.2. The molecule has 1 aromatic rings. The number of aliphatic carboxylic acids is 1. The second-order valence-corrected chi connectivity index (χ2v) is 7.31.